The normalized spacial score (nSPS) is 13.3. The van der Waals surface area contributed by atoms with E-state index in [0.29, 0.717) is 0 Å². The van der Waals surface area contributed by atoms with Gasteiger partial charge >= 0.3 is 0 Å². The molecular formula is C21H22N4O. The van der Waals surface area contributed by atoms with Crippen LogP contribution in [0.2, 0.25) is 0 Å². The van der Waals surface area contributed by atoms with Crippen molar-refractivity contribution in [3.05, 3.63) is 71.8 Å². The van der Waals surface area contributed by atoms with Gasteiger partial charge in [-0.1, -0.05) is 12.1 Å². The number of rotatable bonds is 4. The lowest BCUT2D eigenvalue weighted by Gasteiger charge is -2.30. The quantitative estimate of drug-likeness (QED) is 0.710. The first-order chi connectivity index (χ1) is 12.7. The fraction of sp³-hybridized carbons (Fsp3) is 0.238. The van der Waals surface area contributed by atoms with E-state index >= 15 is 0 Å². The van der Waals surface area contributed by atoms with Crippen LogP contribution in [0.4, 0.5) is 5.82 Å². The monoisotopic (exact) mass is 346 g/mol. The van der Waals surface area contributed by atoms with E-state index in [1.807, 2.05) is 24.5 Å². The molecule has 0 saturated carbocycles. The number of fused-ring (bicyclic) bond motifs is 1. The number of hydrogen-bond acceptors (Lipinski definition) is 4. The topological polar surface area (TPSA) is 43.2 Å². The molecule has 0 amide bonds. The van der Waals surface area contributed by atoms with Gasteiger partial charge in [0, 0.05) is 30.2 Å². The number of aryl methyl sites for hydroxylation is 1. The molecule has 5 heteroatoms. The van der Waals surface area contributed by atoms with Crippen molar-refractivity contribution in [2.75, 3.05) is 12.0 Å². The van der Waals surface area contributed by atoms with E-state index in [2.05, 4.69) is 58.8 Å². The van der Waals surface area contributed by atoms with Gasteiger partial charge in [-0.3, -0.25) is 4.98 Å². The molecule has 3 heterocycles. The van der Waals surface area contributed by atoms with Gasteiger partial charge in [0.1, 0.15) is 11.6 Å². The standard InChI is InChI=1S/C21H22N4O/c1-15-10-13-25-21(24(15)14-17-8-11-22-12-9-17)20(16(2)23-25)18-4-6-19(26-3)7-5-18/h4-12H,13-14H2,1-3H3. The largest absolute Gasteiger partial charge is 0.497 e. The molecule has 0 N–H and O–H groups in total. The Hall–Kier alpha value is -3.08. The summed E-state index contributed by atoms with van der Waals surface area (Å²) in [5, 5.41) is 4.78. The molecule has 0 unspecified atom stereocenters. The summed E-state index contributed by atoms with van der Waals surface area (Å²) in [6.45, 7) is 5.82. The Morgan fingerprint density at radius 2 is 1.77 bits per heavy atom. The van der Waals surface area contributed by atoms with Gasteiger partial charge in [-0.25, -0.2) is 4.68 Å². The smallest absolute Gasteiger partial charge is 0.139 e. The highest BCUT2D eigenvalue weighted by Crippen LogP contribution is 2.38. The van der Waals surface area contributed by atoms with Crippen molar-refractivity contribution in [1.29, 1.82) is 0 Å². The van der Waals surface area contributed by atoms with Crippen LogP contribution in [-0.2, 0) is 13.1 Å². The van der Waals surface area contributed by atoms with Crippen molar-refractivity contribution in [2.24, 2.45) is 0 Å². The molecule has 1 aliphatic heterocycles. The Bertz CT molecular complexity index is 942. The summed E-state index contributed by atoms with van der Waals surface area (Å²) < 4.78 is 7.39. The number of hydrogen-bond donors (Lipinski definition) is 0. The van der Waals surface area contributed by atoms with Crippen molar-refractivity contribution < 1.29 is 4.74 Å². The second-order valence-corrected chi connectivity index (χ2v) is 6.48. The van der Waals surface area contributed by atoms with E-state index in [-0.39, 0.29) is 0 Å². The van der Waals surface area contributed by atoms with E-state index in [9.17, 15) is 0 Å². The third kappa shape index (κ3) is 2.86. The predicted molar refractivity (Wildman–Crippen MR) is 103 cm³/mol. The third-order valence-corrected chi connectivity index (χ3v) is 4.81. The molecule has 0 atom stereocenters. The van der Waals surface area contributed by atoms with Gasteiger partial charge < -0.3 is 9.64 Å². The van der Waals surface area contributed by atoms with Crippen molar-refractivity contribution in [1.82, 2.24) is 14.8 Å². The SMILES string of the molecule is COc1ccc(-c2c(C)nn3c2N(Cc2ccncc2)C(C)=CC3)cc1. The molecular weight excluding hydrogens is 324 g/mol. The number of nitrogens with zero attached hydrogens (tertiary/aromatic N) is 4. The average Bonchev–Trinajstić information content (AvgIpc) is 3.01. The molecule has 1 aromatic carbocycles. The van der Waals surface area contributed by atoms with Crippen molar-refractivity contribution in [3.8, 4) is 16.9 Å². The Morgan fingerprint density at radius 1 is 1.04 bits per heavy atom. The van der Waals surface area contributed by atoms with Crippen molar-refractivity contribution >= 4 is 5.82 Å². The van der Waals surface area contributed by atoms with Gasteiger partial charge in [0.2, 0.25) is 0 Å². The molecule has 132 valence electrons. The summed E-state index contributed by atoms with van der Waals surface area (Å²) in [4.78, 5) is 6.46. The van der Waals surface area contributed by atoms with E-state index in [4.69, 9.17) is 9.84 Å². The van der Waals surface area contributed by atoms with Gasteiger partial charge in [0.05, 0.1) is 19.3 Å². The Morgan fingerprint density at radius 3 is 2.46 bits per heavy atom. The molecule has 4 rings (SSSR count). The van der Waals surface area contributed by atoms with Crippen LogP contribution in [0.25, 0.3) is 11.1 Å². The van der Waals surface area contributed by atoms with Crippen molar-refractivity contribution in [2.45, 2.75) is 26.9 Å². The van der Waals surface area contributed by atoms with Gasteiger partial charge in [-0.05, 0) is 55.3 Å². The molecule has 3 aromatic rings. The maximum Gasteiger partial charge on any atom is 0.139 e. The molecule has 26 heavy (non-hydrogen) atoms. The fourth-order valence-corrected chi connectivity index (χ4v) is 3.43. The highest BCUT2D eigenvalue weighted by atomic mass is 16.5. The minimum Gasteiger partial charge on any atom is -0.497 e. The molecule has 0 saturated heterocycles. The van der Waals surface area contributed by atoms with Crippen molar-refractivity contribution in [3.63, 3.8) is 0 Å². The summed E-state index contributed by atoms with van der Waals surface area (Å²) in [6, 6.07) is 12.3. The summed E-state index contributed by atoms with van der Waals surface area (Å²) in [7, 11) is 1.69. The number of methoxy groups -OCH3 is 1. The molecule has 0 radical (unpaired) electrons. The van der Waals surface area contributed by atoms with E-state index < -0.39 is 0 Å². The van der Waals surface area contributed by atoms with Crippen LogP contribution in [-0.4, -0.2) is 21.9 Å². The molecule has 0 spiro atoms. The van der Waals surface area contributed by atoms with E-state index in [1.54, 1.807) is 7.11 Å². The maximum atomic E-state index is 5.30. The number of benzene rings is 1. The average molecular weight is 346 g/mol. The van der Waals surface area contributed by atoms with Crippen LogP contribution in [0.15, 0.2) is 60.6 Å². The molecule has 1 aliphatic rings. The zero-order chi connectivity index (χ0) is 18.1. The minimum atomic E-state index is 0.791. The number of allylic oxidation sites excluding steroid dienone is 2. The van der Waals surface area contributed by atoms with Gasteiger partial charge in [-0.15, -0.1) is 0 Å². The number of pyridine rings is 1. The molecule has 2 aromatic heterocycles. The Labute approximate surface area is 153 Å². The molecule has 5 nitrogen and oxygen atoms in total. The first kappa shape index (κ1) is 16.4. The first-order valence-corrected chi connectivity index (χ1v) is 8.72. The van der Waals surface area contributed by atoms with Gasteiger partial charge in [0.25, 0.3) is 0 Å². The highest BCUT2D eigenvalue weighted by Gasteiger charge is 2.25. The van der Waals surface area contributed by atoms with Gasteiger partial charge in [0.15, 0.2) is 0 Å². The van der Waals surface area contributed by atoms with Crippen LogP contribution in [0.1, 0.15) is 18.2 Å². The lowest BCUT2D eigenvalue weighted by atomic mass is 10.0. The zero-order valence-corrected chi connectivity index (χ0v) is 15.3. The van der Waals surface area contributed by atoms with Crippen LogP contribution in [0, 0.1) is 6.92 Å². The third-order valence-electron chi connectivity index (χ3n) is 4.81. The summed E-state index contributed by atoms with van der Waals surface area (Å²) >= 11 is 0. The fourth-order valence-electron chi connectivity index (χ4n) is 3.43. The van der Waals surface area contributed by atoms with Crippen LogP contribution >= 0.6 is 0 Å². The van der Waals surface area contributed by atoms with Crippen LogP contribution in [0.5, 0.6) is 5.75 Å². The number of anilines is 1. The van der Waals surface area contributed by atoms with E-state index in [0.717, 1.165) is 35.9 Å². The Kier molecular flexibility index (Phi) is 4.21. The number of ether oxygens (including phenoxy) is 1. The summed E-state index contributed by atoms with van der Waals surface area (Å²) in [5.74, 6) is 2.00. The first-order valence-electron chi connectivity index (χ1n) is 8.72. The van der Waals surface area contributed by atoms with Gasteiger partial charge in [-0.2, -0.15) is 5.10 Å². The van der Waals surface area contributed by atoms with E-state index in [1.165, 1.54) is 16.8 Å². The predicted octanol–water partition coefficient (Wildman–Crippen LogP) is 4.19. The molecule has 0 fully saturated rings. The van der Waals surface area contributed by atoms with Crippen LogP contribution in [0.3, 0.4) is 0 Å². The lowest BCUT2D eigenvalue weighted by Crippen LogP contribution is -2.27. The second kappa shape index (κ2) is 6.67. The minimum absolute atomic E-state index is 0.791. The highest BCUT2D eigenvalue weighted by molar-refractivity contribution is 5.80. The lowest BCUT2D eigenvalue weighted by molar-refractivity contribution is 0.415. The summed E-state index contributed by atoms with van der Waals surface area (Å²) in [5.41, 5.74) is 5.82. The second-order valence-electron chi connectivity index (χ2n) is 6.48. The summed E-state index contributed by atoms with van der Waals surface area (Å²) in [6.07, 6.45) is 5.90. The zero-order valence-electron chi connectivity index (χ0n) is 15.3. The van der Waals surface area contributed by atoms with Crippen LogP contribution < -0.4 is 9.64 Å². The maximum absolute atomic E-state index is 5.30. The Balaban J connectivity index is 1.80. The number of aromatic nitrogens is 3. The molecule has 0 aliphatic carbocycles. The molecule has 0 bridgehead atoms.